The maximum atomic E-state index is 12.4. The Morgan fingerprint density at radius 1 is 1.50 bits per heavy atom. The standard InChI is InChI=1S/C12H16N4O2/c1-7-9(5-8(13)6-15-7)12(18)16-4-2-3-10(16)11(14)17/h5-6,10H,2-4,13H2,1H3,(H2,14,17). The fourth-order valence-electron chi connectivity index (χ4n) is 2.23. The van der Waals surface area contributed by atoms with Crippen LogP contribution in [0.4, 0.5) is 5.69 Å². The molecule has 0 saturated carbocycles. The van der Waals surface area contributed by atoms with Crippen LogP contribution in [0.2, 0.25) is 0 Å². The van der Waals surface area contributed by atoms with Crippen LogP contribution in [0.3, 0.4) is 0 Å². The van der Waals surface area contributed by atoms with E-state index in [4.69, 9.17) is 11.5 Å². The van der Waals surface area contributed by atoms with Gasteiger partial charge in [0, 0.05) is 6.54 Å². The lowest BCUT2D eigenvalue weighted by Gasteiger charge is -2.22. The summed E-state index contributed by atoms with van der Waals surface area (Å²) in [6, 6.07) is 1.07. The van der Waals surface area contributed by atoms with Crippen LogP contribution < -0.4 is 11.5 Å². The number of primary amides is 1. The predicted molar refractivity (Wildman–Crippen MR) is 66.6 cm³/mol. The minimum absolute atomic E-state index is 0.228. The Labute approximate surface area is 105 Å². The van der Waals surface area contributed by atoms with Crippen molar-refractivity contribution >= 4 is 17.5 Å². The SMILES string of the molecule is Cc1ncc(N)cc1C(=O)N1CCCC1C(N)=O. The van der Waals surface area contributed by atoms with Gasteiger partial charge in [-0.25, -0.2) is 0 Å². The van der Waals surface area contributed by atoms with Crippen molar-refractivity contribution in [3.05, 3.63) is 23.5 Å². The van der Waals surface area contributed by atoms with Crippen molar-refractivity contribution in [2.45, 2.75) is 25.8 Å². The lowest BCUT2D eigenvalue weighted by Crippen LogP contribution is -2.43. The third-order valence-corrected chi connectivity index (χ3v) is 3.18. The highest BCUT2D eigenvalue weighted by molar-refractivity contribution is 5.99. The predicted octanol–water partition coefficient (Wildman–Crippen LogP) is 0.0621. The van der Waals surface area contributed by atoms with Crippen molar-refractivity contribution in [1.29, 1.82) is 0 Å². The van der Waals surface area contributed by atoms with Gasteiger partial charge in [-0.15, -0.1) is 0 Å². The van der Waals surface area contributed by atoms with Crippen LogP contribution >= 0.6 is 0 Å². The summed E-state index contributed by atoms with van der Waals surface area (Å²) in [5.74, 6) is -0.691. The van der Waals surface area contributed by atoms with Crippen LogP contribution in [0, 0.1) is 6.92 Å². The molecule has 1 fully saturated rings. The van der Waals surface area contributed by atoms with E-state index < -0.39 is 11.9 Å². The van der Waals surface area contributed by atoms with Gasteiger partial charge in [0.15, 0.2) is 0 Å². The number of likely N-dealkylation sites (tertiary alicyclic amines) is 1. The molecule has 2 amide bonds. The van der Waals surface area contributed by atoms with Crippen molar-refractivity contribution < 1.29 is 9.59 Å². The number of nitrogen functional groups attached to an aromatic ring is 1. The van der Waals surface area contributed by atoms with E-state index >= 15 is 0 Å². The van der Waals surface area contributed by atoms with Gasteiger partial charge in [0.2, 0.25) is 5.91 Å². The van der Waals surface area contributed by atoms with E-state index in [-0.39, 0.29) is 5.91 Å². The van der Waals surface area contributed by atoms with Gasteiger partial charge >= 0.3 is 0 Å². The number of hydrogen-bond acceptors (Lipinski definition) is 4. The number of pyridine rings is 1. The zero-order valence-corrected chi connectivity index (χ0v) is 10.2. The van der Waals surface area contributed by atoms with Gasteiger partial charge in [0.05, 0.1) is 23.1 Å². The summed E-state index contributed by atoms with van der Waals surface area (Å²) in [5, 5.41) is 0. The normalized spacial score (nSPS) is 18.9. The van der Waals surface area contributed by atoms with Gasteiger partial charge in [-0.05, 0) is 25.8 Å². The molecule has 6 nitrogen and oxygen atoms in total. The van der Waals surface area contributed by atoms with Crippen LogP contribution in [0.5, 0.6) is 0 Å². The average molecular weight is 248 g/mol. The summed E-state index contributed by atoms with van der Waals surface area (Å²) >= 11 is 0. The first-order valence-corrected chi connectivity index (χ1v) is 5.83. The van der Waals surface area contributed by atoms with Crippen molar-refractivity contribution in [3.63, 3.8) is 0 Å². The highest BCUT2D eigenvalue weighted by Gasteiger charge is 2.33. The number of amides is 2. The number of rotatable bonds is 2. The van der Waals surface area contributed by atoms with Crippen LogP contribution in [-0.4, -0.2) is 34.3 Å². The Kier molecular flexibility index (Phi) is 3.18. The smallest absolute Gasteiger partial charge is 0.256 e. The van der Waals surface area contributed by atoms with E-state index in [0.717, 1.165) is 6.42 Å². The summed E-state index contributed by atoms with van der Waals surface area (Å²) < 4.78 is 0. The topological polar surface area (TPSA) is 102 Å². The van der Waals surface area contributed by atoms with Crippen molar-refractivity contribution in [2.75, 3.05) is 12.3 Å². The molecular formula is C12H16N4O2. The highest BCUT2D eigenvalue weighted by atomic mass is 16.2. The van der Waals surface area contributed by atoms with Crippen molar-refractivity contribution in [3.8, 4) is 0 Å². The van der Waals surface area contributed by atoms with Crippen LogP contribution in [-0.2, 0) is 4.79 Å². The maximum Gasteiger partial charge on any atom is 0.256 e. The zero-order chi connectivity index (χ0) is 13.3. The molecule has 0 aliphatic carbocycles. The molecule has 0 bridgehead atoms. The first-order chi connectivity index (χ1) is 8.50. The molecule has 6 heteroatoms. The van der Waals surface area contributed by atoms with Crippen LogP contribution in [0.15, 0.2) is 12.3 Å². The first-order valence-electron chi connectivity index (χ1n) is 5.83. The number of nitrogens with two attached hydrogens (primary N) is 2. The number of carbonyl (C=O) groups excluding carboxylic acids is 2. The summed E-state index contributed by atoms with van der Waals surface area (Å²) in [4.78, 5) is 29.2. The van der Waals surface area contributed by atoms with Gasteiger partial charge in [0.1, 0.15) is 6.04 Å². The Morgan fingerprint density at radius 2 is 2.22 bits per heavy atom. The third-order valence-electron chi connectivity index (χ3n) is 3.18. The summed E-state index contributed by atoms with van der Waals surface area (Å²) in [7, 11) is 0. The number of anilines is 1. The molecule has 1 aromatic heterocycles. The summed E-state index contributed by atoms with van der Waals surface area (Å²) in [6.45, 7) is 2.28. The Bertz CT molecular complexity index is 501. The summed E-state index contributed by atoms with van der Waals surface area (Å²) in [5.41, 5.74) is 12.4. The molecular weight excluding hydrogens is 232 g/mol. The van der Waals surface area contributed by atoms with Gasteiger partial charge in [0.25, 0.3) is 5.91 Å². The molecule has 0 radical (unpaired) electrons. The first kappa shape index (κ1) is 12.3. The second kappa shape index (κ2) is 4.64. The van der Waals surface area contributed by atoms with Gasteiger partial charge in [-0.3, -0.25) is 14.6 Å². The minimum Gasteiger partial charge on any atom is -0.397 e. The molecule has 1 aliphatic rings. The van der Waals surface area contributed by atoms with E-state index in [1.54, 1.807) is 13.0 Å². The molecule has 96 valence electrons. The maximum absolute atomic E-state index is 12.4. The number of aryl methyl sites for hydroxylation is 1. The Balaban J connectivity index is 2.31. The molecule has 1 unspecified atom stereocenters. The second-order valence-electron chi connectivity index (χ2n) is 4.46. The lowest BCUT2D eigenvalue weighted by molar-refractivity contribution is -0.121. The van der Waals surface area contributed by atoms with Crippen molar-refractivity contribution in [1.82, 2.24) is 9.88 Å². The van der Waals surface area contributed by atoms with E-state index in [0.29, 0.717) is 29.9 Å². The van der Waals surface area contributed by atoms with Gasteiger partial charge in [-0.1, -0.05) is 0 Å². The largest absolute Gasteiger partial charge is 0.397 e. The molecule has 18 heavy (non-hydrogen) atoms. The molecule has 1 aromatic rings. The molecule has 1 atom stereocenters. The molecule has 2 heterocycles. The average Bonchev–Trinajstić information content (AvgIpc) is 2.80. The van der Waals surface area contributed by atoms with E-state index in [9.17, 15) is 9.59 Å². The molecule has 0 spiro atoms. The molecule has 1 saturated heterocycles. The number of carbonyl (C=O) groups is 2. The van der Waals surface area contributed by atoms with Crippen LogP contribution in [0.25, 0.3) is 0 Å². The van der Waals surface area contributed by atoms with Gasteiger partial charge < -0.3 is 16.4 Å². The quantitative estimate of drug-likeness (QED) is 0.772. The molecule has 1 aliphatic heterocycles. The number of nitrogens with zero attached hydrogens (tertiary/aromatic N) is 2. The van der Waals surface area contributed by atoms with E-state index in [2.05, 4.69) is 4.98 Å². The second-order valence-corrected chi connectivity index (χ2v) is 4.46. The molecule has 4 N–H and O–H groups in total. The highest BCUT2D eigenvalue weighted by Crippen LogP contribution is 2.21. The fraction of sp³-hybridized carbons (Fsp3) is 0.417. The third kappa shape index (κ3) is 2.13. The van der Waals surface area contributed by atoms with Crippen LogP contribution in [0.1, 0.15) is 28.9 Å². The summed E-state index contributed by atoms with van der Waals surface area (Å²) in [6.07, 6.45) is 2.91. The minimum atomic E-state index is -0.515. The van der Waals surface area contributed by atoms with Gasteiger partial charge in [-0.2, -0.15) is 0 Å². The Morgan fingerprint density at radius 3 is 2.89 bits per heavy atom. The number of hydrogen-bond donors (Lipinski definition) is 2. The molecule has 0 aromatic carbocycles. The fourth-order valence-corrected chi connectivity index (χ4v) is 2.23. The zero-order valence-electron chi connectivity index (χ0n) is 10.2. The number of aromatic nitrogens is 1. The van der Waals surface area contributed by atoms with E-state index in [1.807, 2.05) is 0 Å². The molecule has 2 rings (SSSR count). The monoisotopic (exact) mass is 248 g/mol. The van der Waals surface area contributed by atoms with E-state index in [1.165, 1.54) is 11.1 Å². The van der Waals surface area contributed by atoms with Crippen molar-refractivity contribution in [2.24, 2.45) is 5.73 Å². The lowest BCUT2D eigenvalue weighted by atomic mass is 10.1. The Hall–Kier alpha value is -2.11.